The highest BCUT2D eigenvalue weighted by molar-refractivity contribution is 9.10. The van der Waals surface area contributed by atoms with Crippen LogP contribution in [0.3, 0.4) is 0 Å². The molecular weight excluding hydrogens is 708 g/mol. The van der Waals surface area contributed by atoms with Crippen LogP contribution in [0, 0.1) is 0 Å². The zero-order chi connectivity index (χ0) is 33.7. The summed E-state index contributed by atoms with van der Waals surface area (Å²) in [4.78, 5) is 43.0. The lowest BCUT2D eigenvalue weighted by Crippen LogP contribution is -3.00. The van der Waals surface area contributed by atoms with E-state index < -0.39 is 12.2 Å². The average Bonchev–Trinajstić information content (AvgIpc) is 3.10. The molecule has 3 amide bonds. The standard InChI is InChI=1S/C38H37BrN4O5.ClH/c1-2-20-41-27-31(25-32(39)28-41)36(44)43(33-16-7-4-8-17-33)22-24-48-38(46)42(26-29-12-5-3-6-13-29)21-23-47-37(45)40-35-19-11-15-30-14-9-10-18-34(30)35;/h3-19,25,27-28H,2,20-24,26H2,1H3;1H. The van der Waals surface area contributed by atoms with Gasteiger partial charge in [-0.1, -0.05) is 91.9 Å². The third-order valence-electron chi connectivity index (χ3n) is 7.56. The third-order valence-corrected chi connectivity index (χ3v) is 8.00. The summed E-state index contributed by atoms with van der Waals surface area (Å²) in [6.07, 6.45) is 3.49. The number of ether oxygens (including phenoxy) is 2. The van der Waals surface area contributed by atoms with Crippen molar-refractivity contribution in [3.63, 3.8) is 0 Å². The minimum atomic E-state index is -0.621. The Kier molecular flexibility index (Phi) is 14.0. The summed E-state index contributed by atoms with van der Waals surface area (Å²) in [5, 5.41) is 4.69. The maximum absolute atomic E-state index is 13.8. The maximum atomic E-state index is 13.8. The number of nitrogens with one attached hydrogen (secondary N) is 1. The fraction of sp³-hybridized carbons (Fsp3) is 0.211. The Labute approximate surface area is 301 Å². The highest BCUT2D eigenvalue weighted by atomic mass is 79.9. The van der Waals surface area contributed by atoms with Crippen LogP contribution in [0.15, 0.2) is 126 Å². The minimum absolute atomic E-state index is 0. The fourth-order valence-electron chi connectivity index (χ4n) is 5.30. The molecule has 0 fully saturated rings. The van der Waals surface area contributed by atoms with Gasteiger partial charge in [0.1, 0.15) is 25.3 Å². The highest BCUT2D eigenvalue weighted by Crippen LogP contribution is 2.23. The highest BCUT2D eigenvalue weighted by Gasteiger charge is 2.23. The second-order valence-electron chi connectivity index (χ2n) is 11.1. The quantitative estimate of drug-likeness (QED) is 0.175. The summed E-state index contributed by atoms with van der Waals surface area (Å²) >= 11 is 3.53. The van der Waals surface area contributed by atoms with E-state index in [4.69, 9.17) is 9.47 Å². The Balaban J connectivity index is 0.00000541. The first-order valence-corrected chi connectivity index (χ1v) is 16.6. The molecule has 0 saturated carbocycles. The number of benzene rings is 4. The molecule has 1 N–H and O–H groups in total. The fourth-order valence-corrected chi connectivity index (χ4v) is 5.81. The van der Waals surface area contributed by atoms with Gasteiger partial charge < -0.3 is 31.7 Å². The van der Waals surface area contributed by atoms with Crippen molar-refractivity contribution in [1.29, 1.82) is 0 Å². The van der Waals surface area contributed by atoms with Crippen molar-refractivity contribution in [3.8, 4) is 0 Å². The van der Waals surface area contributed by atoms with Crippen LogP contribution in [0.25, 0.3) is 10.8 Å². The summed E-state index contributed by atoms with van der Waals surface area (Å²) in [5.41, 5.74) is 2.73. The van der Waals surface area contributed by atoms with Gasteiger partial charge in [0.15, 0.2) is 12.4 Å². The summed E-state index contributed by atoms with van der Waals surface area (Å²) in [5.74, 6) is -0.213. The van der Waals surface area contributed by atoms with Gasteiger partial charge in [0.05, 0.1) is 23.2 Å². The van der Waals surface area contributed by atoms with E-state index in [0.717, 1.165) is 33.8 Å². The lowest BCUT2D eigenvalue weighted by molar-refractivity contribution is -0.697. The molecule has 1 aromatic heterocycles. The first-order chi connectivity index (χ1) is 23.4. The smallest absolute Gasteiger partial charge is 0.411 e. The number of aromatic nitrogens is 1. The number of pyridine rings is 1. The van der Waals surface area contributed by atoms with Gasteiger partial charge in [-0.25, -0.2) is 14.2 Å². The lowest BCUT2D eigenvalue weighted by Gasteiger charge is -2.25. The van der Waals surface area contributed by atoms with Crippen molar-refractivity contribution in [1.82, 2.24) is 4.90 Å². The summed E-state index contributed by atoms with van der Waals surface area (Å²) in [6, 6.07) is 34.0. The van der Waals surface area contributed by atoms with Crippen LogP contribution in [0.2, 0.25) is 0 Å². The first-order valence-electron chi connectivity index (χ1n) is 15.8. The first kappa shape index (κ1) is 36.9. The topological polar surface area (TPSA) is 92.1 Å². The molecule has 5 rings (SSSR count). The second-order valence-corrected chi connectivity index (χ2v) is 12.0. The molecule has 0 aliphatic carbocycles. The number of nitrogens with zero attached hydrogens (tertiary/aromatic N) is 3. The zero-order valence-electron chi connectivity index (χ0n) is 27.1. The van der Waals surface area contributed by atoms with E-state index in [9.17, 15) is 14.4 Å². The van der Waals surface area contributed by atoms with E-state index in [-0.39, 0.29) is 51.2 Å². The number of aryl methyl sites for hydroxylation is 1. The van der Waals surface area contributed by atoms with E-state index in [0.29, 0.717) is 16.9 Å². The zero-order valence-corrected chi connectivity index (χ0v) is 29.5. The van der Waals surface area contributed by atoms with Gasteiger partial charge in [0.2, 0.25) is 0 Å². The molecule has 0 saturated heterocycles. The maximum Gasteiger partial charge on any atom is 0.411 e. The van der Waals surface area contributed by atoms with Crippen molar-refractivity contribution in [3.05, 3.63) is 137 Å². The van der Waals surface area contributed by atoms with Gasteiger partial charge >= 0.3 is 12.2 Å². The van der Waals surface area contributed by atoms with Crippen molar-refractivity contribution >= 4 is 56.2 Å². The van der Waals surface area contributed by atoms with Gasteiger partial charge in [-0.15, -0.1) is 0 Å². The molecule has 0 atom stereocenters. The van der Waals surface area contributed by atoms with Crippen molar-refractivity contribution in [2.24, 2.45) is 0 Å². The molecule has 0 aliphatic heterocycles. The van der Waals surface area contributed by atoms with Gasteiger partial charge in [0.25, 0.3) is 5.91 Å². The molecule has 0 spiro atoms. The Morgan fingerprint density at radius 1 is 0.796 bits per heavy atom. The SMILES string of the molecule is CCC[n+]1cc(Br)cc(C(=O)N(CCOC(=O)N(CCOC(=O)Nc2cccc3ccccc23)Cc2ccccc2)c2ccccc2)c1.[Cl-]. The largest absolute Gasteiger partial charge is 1.00 e. The van der Waals surface area contributed by atoms with E-state index in [2.05, 4.69) is 28.2 Å². The second kappa shape index (κ2) is 18.6. The van der Waals surface area contributed by atoms with Crippen molar-refractivity contribution in [2.45, 2.75) is 26.4 Å². The normalized spacial score (nSPS) is 10.5. The Morgan fingerprint density at radius 3 is 2.22 bits per heavy atom. The molecule has 5 aromatic rings. The minimum Gasteiger partial charge on any atom is -1.00 e. The van der Waals surface area contributed by atoms with Crippen molar-refractivity contribution < 1.29 is 40.8 Å². The third kappa shape index (κ3) is 10.5. The van der Waals surface area contributed by atoms with Crippen LogP contribution in [0.5, 0.6) is 0 Å². The number of hydrogen-bond donors (Lipinski definition) is 1. The Bertz CT molecular complexity index is 1840. The van der Waals surface area contributed by atoms with E-state index in [1.54, 1.807) is 11.0 Å². The number of fused-ring (bicyclic) bond motifs is 1. The van der Waals surface area contributed by atoms with E-state index in [1.165, 1.54) is 4.90 Å². The van der Waals surface area contributed by atoms with Crippen LogP contribution in [0.4, 0.5) is 21.0 Å². The van der Waals surface area contributed by atoms with Gasteiger partial charge in [0, 0.05) is 24.0 Å². The number of carbonyl (C=O) groups is 3. The van der Waals surface area contributed by atoms with Crippen LogP contribution in [-0.2, 0) is 22.6 Å². The number of anilines is 2. The lowest BCUT2D eigenvalue weighted by atomic mass is 10.1. The molecule has 0 radical (unpaired) electrons. The van der Waals surface area contributed by atoms with Crippen LogP contribution in [-0.4, -0.2) is 49.3 Å². The summed E-state index contributed by atoms with van der Waals surface area (Å²) in [7, 11) is 0. The predicted octanol–water partition coefficient (Wildman–Crippen LogP) is 4.84. The predicted molar refractivity (Wildman–Crippen MR) is 190 cm³/mol. The van der Waals surface area contributed by atoms with Crippen LogP contribution in [0.1, 0.15) is 29.3 Å². The Morgan fingerprint density at radius 2 is 1.47 bits per heavy atom. The van der Waals surface area contributed by atoms with Gasteiger partial charge in [-0.2, -0.15) is 0 Å². The summed E-state index contributed by atoms with van der Waals surface area (Å²) in [6.45, 7) is 3.25. The molecule has 9 nitrogen and oxygen atoms in total. The molecular formula is C38H38BrClN4O5. The number of halogens is 2. The average molecular weight is 746 g/mol. The van der Waals surface area contributed by atoms with Crippen LogP contribution < -0.4 is 27.2 Å². The van der Waals surface area contributed by atoms with Gasteiger partial charge in [-0.3, -0.25) is 10.1 Å². The summed E-state index contributed by atoms with van der Waals surface area (Å²) < 4.78 is 14.0. The molecule has 1 heterocycles. The van der Waals surface area contributed by atoms with Gasteiger partial charge in [-0.05, 0) is 51.1 Å². The number of rotatable bonds is 13. The molecule has 49 heavy (non-hydrogen) atoms. The Hall–Kier alpha value is -4.93. The molecule has 0 aliphatic rings. The number of amides is 3. The monoisotopic (exact) mass is 744 g/mol. The van der Waals surface area contributed by atoms with Crippen molar-refractivity contribution in [2.75, 3.05) is 36.5 Å². The number of carbonyl (C=O) groups excluding carboxylic acids is 3. The number of para-hydroxylation sites is 1. The van der Waals surface area contributed by atoms with Crippen LogP contribution >= 0.6 is 15.9 Å². The molecule has 0 bridgehead atoms. The molecule has 11 heteroatoms. The molecule has 0 unspecified atom stereocenters. The molecule has 4 aromatic carbocycles. The number of hydrogen-bond acceptors (Lipinski definition) is 5. The van der Waals surface area contributed by atoms with E-state index >= 15 is 0 Å². The molecule has 254 valence electrons. The van der Waals surface area contributed by atoms with E-state index in [1.807, 2.05) is 120 Å².